The van der Waals surface area contributed by atoms with Gasteiger partial charge in [-0.3, -0.25) is 14.4 Å². The monoisotopic (exact) mass is 468 g/mol. The van der Waals surface area contributed by atoms with E-state index in [2.05, 4.69) is 21.2 Å². The van der Waals surface area contributed by atoms with Crippen molar-refractivity contribution in [1.82, 2.24) is 10.7 Å². The molecule has 3 amide bonds. The highest BCUT2D eigenvalue weighted by Gasteiger charge is 2.14. The molecule has 34 heavy (non-hydrogen) atoms. The Kier molecular flexibility index (Phi) is 10.1. The number of rotatable bonds is 10. The van der Waals surface area contributed by atoms with Crippen LogP contribution in [0.3, 0.4) is 0 Å². The van der Waals surface area contributed by atoms with Crippen LogP contribution in [-0.4, -0.2) is 43.2 Å². The predicted molar refractivity (Wildman–Crippen MR) is 131 cm³/mol. The number of ether oxygens (including phenoxy) is 2. The van der Waals surface area contributed by atoms with Gasteiger partial charge >= 0.3 is 11.8 Å². The van der Waals surface area contributed by atoms with Crippen LogP contribution >= 0.6 is 0 Å². The lowest BCUT2D eigenvalue weighted by molar-refractivity contribution is -0.139. The van der Waals surface area contributed by atoms with Crippen LogP contribution < -0.4 is 25.5 Å². The third kappa shape index (κ3) is 8.23. The number of hydrogen-bond acceptors (Lipinski definition) is 6. The third-order valence-electron chi connectivity index (χ3n) is 4.87. The fraction of sp³-hybridized carbons (Fsp3) is 0.360. The van der Waals surface area contributed by atoms with Crippen LogP contribution in [0.25, 0.3) is 0 Å². The van der Waals surface area contributed by atoms with Gasteiger partial charge in [0.25, 0.3) is 5.91 Å². The van der Waals surface area contributed by atoms with Gasteiger partial charge in [-0.05, 0) is 75.1 Å². The average Bonchev–Trinajstić information content (AvgIpc) is 2.80. The van der Waals surface area contributed by atoms with Gasteiger partial charge in [-0.1, -0.05) is 19.1 Å². The smallest absolute Gasteiger partial charge is 0.329 e. The number of hydrazone groups is 1. The first kappa shape index (κ1) is 26.4. The van der Waals surface area contributed by atoms with E-state index in [4.69, 9.17) is 9.47 Å². The Labute approximate surface area is 199 Å². The van der Waals surface area contributed by atoms with Crippen molar-refractivity contribution in [1.29, 1.82) is 0 Å². The van der Waals surface area contributed by atoms with Crippen molar-refractivity contribution in [3.63, 3.8) is 0 Å². The Morgan fingerprint density at radius 3 is 2.47 bits per heavy atom. The molecule has 0 unspecified atom stereocenters. The number of aryl methyl sites for hydroxylation is 2. The topological polar surface area (TPSA) is 118 Å². The Hall–Kier alpha value is -3.88. The van der Waals surface area contributed by atoms with Gasteiger partial charge in [-0.25, -0.2) is 5.43 Å². The maximum atomic E-state index is 12.4. The summed E-state index contributed by atoms with van der Waals surface area (Å²) in [6.07, 6.45) is 2.10. The molecule has 0 fully saturated rings. The molecule has 0 aliphatic rings. The van der Waals surface area contributed by atoms with E-state index in [1.165, 1.54) is 6.21 Å². The number of anilines is 1. The number of nitrogens with zero attached hydrogens (tertiary/aromatic N) is 1. The van der Waals surface area contributed by atoms with Crippen molar-refractivity contribution in [3.05, 3.63) is 53.1 Å². The van der Waals surface area contributed by atoms with E-state index < -0.39 is 11.8 Å². The number of nitrogens with one attached hydrogen (secondary N) is 3. The summed E-state index contributed by atoms with van der Waals surface area (Å²) in [7, 11) is 0. The van der Waals surface area contributed by atoms with Gasteiger partial charge in [0.05, 0.1) is 12.8 Å². The molecule has 0 aliphatic carbocycles. The molecule has 0 heterocycles. The minimum absolute atomic E-state index is 0.105. The maximum Gasteiger partial charge on any atom is 0.329 e. The number of carbonyl (C=O) groups excluding carboxylic acids is 3. The van der Waals surface area contributed by atoms with Crippen LogP contribution in [0, 0.1) is 13.8 Å². The molecule has 2 rings (SSSR count). The highest BCUT2D eigenvalue weighted by Crippen LogP contribution is 2.28. The summed E-state index contributed by atoms with van der Waals surface area (Å²) in [5.74, 6) is -1.07. The second-order valence-corrected chi connectivity index (χ2v) is 7.78. The number of amides is 3. The Bertz CT molecular complexity index is 1050. The molecule has 0 radical (unpaired) electrons. The van der Waals surface area contributed by atoms with E-state index >= 15 is 0 Å². The summed E-state index contributed by atoms with van der Waals surface area (Å²) in [4.78, 5) is 35.9. The van der Waals surface area contributed by atoms with Gasteiger partial charge in [-0.15, -0.1) is 0 Å². The van der Waals surface area contributed by atoms with Crippen LogP contribution in [0.5, 0.6) is 11.5 Å². The number of hydrogen-bond donors (Lipinski definition) is 3. The molecular weight excluding hydrogens is 436 g/mol. The zero-order valence-corrected chi connectivity index (χ0v) is 20.2. The molecule has 0 aromatic heterocycles. The largest absolute Gasteiger partial charge is 0.490 e. The first-order chi connectivity index (χ1) is 16.2. The molecule has 0 saturated heterocycles. The SMILES string of the molecule is CCOc1cc(/C=N\NC(=O)C(=O)N[C@H](C)CC)ccc1OCC(=O)Nc1cc(C)ccc1C. The van der Waals surface area contributed by atoms with Crippen molar-refractivity contribution in [2.75, 3.05) is 18.5 Å². The van der Waals surface area contributed by atoms with Crippen molar-refractivity contribution in [3.8, 4) is 11.5 Å². The standard InChI is InChI=1S/C25H32N4O5/c1-6-18(5)27-24(31)25(32)29-26-14-19-10-11-21(22(13-19)33-7-2)34-15-23(30)28-20-12-16(3)8-9-17(20)4/h8-14,18H,6-7,15H2,1-5H3,(H,27,31)(H,28,30)(H,29,32)/b26-14-/t18-/m1/s1. The van der Waals surface area contributed by atoms with Gasteiger partial charge in [-0.2, -0.15) is 5.10 Å². The van der Waals surface area contributed by atoms with Crippen molar-refractivity contribution in [2.24, 2.45) is 5.10 Å². The van der Waals surface area contributed by atoms with E-state index in [1.54, 1.807) is 25.1 Å². The van der Waals surface area contributed by atoms with Crippen LogP contribution in [0.1, 0.15) is 43.9 Å². The fourth-order valence-corrected chi connectivity index (χ4v) is 2.80. The normalized spacial score (nSPS) is 11.6. The molecule has 182 valence electrons. The highest BCUT2D eigenvalue weighted by atomic mass is 16.5. The molecule has 3 N–H and O–H groups in total. The lowest BCUT2D eigenvalue weighted by atomic mass is 10.1. The van der Waals surface area contributed by atoms with Gasteiger partial charge in [0, 0.05) is 11.7 Å². The van der Waals surface area contributed by atoms with Crippen LogP contribution in [-0.2, 0) is 14.4 Å². The van der Waals surface area contributed by atoms with Crippen LogP contribution in [0.15, 0.2) is 41.5 Å². The van der Waals surface area contributed by atoms with Gasteiger partial charge in [0.15, 0.2) is 18.1 Å². The summed E-state index contributed by atoms with van der Waals surface area (Å²) >= 11 is 0. The summed E-state index contributed by atoms with van der Waals surface area (Å²) in [5, 5.41) is 9.23. The van der Waals surface area contributed by atoms with Gasteiger partial charge in [0.1, 0.15) is 0 Å². The Morgan fingerprint density at radius 2 is 1.76 bits per heavy atom. The lowest BCUT2D eigenvalue weighted by Gasteiger charge is -2.13. The molecule has 9 nitrogen and oxygen atoms in total. The third-order valence-corrected chi connectivity index (χ3v) is 4.87. The second kappa shape index (κ2) is 13.0. The molecular formula is C25H32N4O5. The van der Waals surface area contributed by atoms with Crippen molar-refractivity contribution >= 4 is 29.6 Å². The molecule has 0 bridgehead atoms. The van der Waals surface area contributed by atoms with E-state index in [0.717, 1.165) is 16.8 Å². The van der Waals surface area contributed by atoms with Gasteiger partial charge in [0.2, 0.25) is 0 Å². The first-order valence-corrected chi connectivity index (χ1v) is 11.1. The molecule has 2 aromatic carbocycles. The summed E-state index contributed by atoms with van der Waals surface area (Å²) in [5.41, 5.74) is 5.55. The first-order valence-electron chi connectivity index (χ1n) is 11.1. The van der Waals surface area contributed by atoms with E-state index in [-0.39, 0.29) is 18.6 Å². The summed E-state index contributed by atoms with van der Waals surface area (Å²) in [6, 6.07) is 10.7. The lowest BCUT2D eigenvalue weighted by Crippen LogP contribution is -2.41. The highest BCUT2D eigenvalue weighted by molar-refractivity contribution is 6.35. The summed E-state index contributed by atoms with van der Waals surface area (Å²) in [6.45, 7) is 9.61. The quantitative estimate of drug-likeness (QED) is 0.281. The molecule has 1 atom stereocenters. The minimum Gasteiger partial charge on any atom is -0.490 e. The maximum absolute atomic E-state index is 12.4. The molecule has 0 aliphatic heterocycles. The minimum atomic E-state index is -0.851. The number of carbonyl (C=O) groups is 3. The van der Waals surface area contributed by atoms with E-state index in [0.29, 0.717) is 30.1 Å². The molecule has 0 spiro atoms. The Balaban J connectivity index is 1.98. The van der Waals surface area contributed by atoms with E-state index in [1.807, 2.05) is 45.9 Å². The average molecular weight is 469 g/mol. The van der Waals surface area contributed by atoms with Crippen molar-refractivity contribution in [2.45, 2.75) is 47.1 Å². The fourth-order valence-electron chi connectivity index (χ4n) is 2.80. The molecule has 2 aromatic rings. The predicted octanol–water partition coefficient (Wildman–Crippen LogP) is 3.08. The molecule has 0 saturated carbocycles. The summed E-state index contributed by atoms with van der Waals surface area (Å²) < 4.78 is 11.3. The van der Waals surface area contributed by atoms with Crippen molar-refractivity contribution < 1.29 is 23.9 Å². The zero-order valence-electron chi connectivity index (χ0n) is 20.2. The number of benzene rings is 2. The Morgan fingerprint density at radius 1 is 1.00 bits per heavy atom. The van der Waals surface area contributed by atoms with Gasteiger partial charge < -0.3 is 20.1 Å². The van der Waals surface area contributed by atoms with Crippen LogP contribution in [0.4, 0.5) is 5.69 Å². The second-order valence-electron chi connectivity index (χ2n) is 7.78. The van der Waals surface area contributed by atoms with Crippen LogP contribution in [0.2, 0.25) is 0 Å². The molecule has 9 heteroatoms. The zero-order chi connectivity index (χ0) is 25.1. The van der Waals surface area contributed by atoms with E-state index in [9.17, 15) is 14.4 Å².